The number of aromatic nitrogens is 2. The molecule has 1 aromatic carbocycles. The van der Waals surface area contributed by atoms with Crippen molar-refractivity contribution in [3.63, 3.8) is 0 Å². The predicted octanol–water partition coefficient (Wildman–Crippen LogP) is 3.04. The zero-order chi connectivity index (χ0) is 18.5. The smallest absolute Gasteiger partial charge is 0.271 e. The lowest BCUT2D eigenvalue weighted by Crippen LogP contribution is -2.33. The quantitative estimate of drug-likeness (QED) is 0.579. The van der Waals surface area contributed by atoms with Gasteiger partial charge in [0, 0.05) is 36.1 Å². The van der Waals surface area contributed by atoms with Crippen molar-refractivity contribution in [2.45, 2.75) is 38.6 Å². The molecule has 0 saturated carbocycles. The van der Waals surface area contributed by atoms with E-state index >= 15 is 0 Å². The van der Waals surface area contributed by atoms with E-state index in [1.54, 1.807) is 12.1 Å². The number of nitrogens with one attached hydrogen (secondary N) is 1. The predicted molar refractivity (Wildman–Crippen MR) is 99.9 cm³/mol. The van der Waals surface area contributed by atoms with E-state index in [2.05, 4.69) is 27.1 Å². The molecule has 2 aromatic rings. The second-order valence-electron chi connectivity index (χ2n) is 6.40. The zero-order valence-electron chi connectivity index (χ0n) is 14.8. The van der Waals surface area contributed by atoms with E-state index in [0.29, 0.717) is 11.6 Å². The lowest BCUT2D eigenvalue weighted by atomic mass is 10.2. The molecule has 2 N–H and O–H groups in total. The third-order valence-electron chi connectivity index (χ3n) is 4.47. The first kappa shape index (κ1) is 18.1. The summed E-state index contributed by atoms with van der Waals surface area (Å²) in [6, 6.07) is 8.32. The molecule has 0 bridgehead atoms. The molecule has 1 fully saturated rings. The van der Waals surface area contributed by atoms with Crippen LogP contribution in [0.4, 0.5) is 23.1 Å². The van der Waals surface area contributed by atoms with Gasteiger partial charge in [-0.1, -0.05) is 19.4 Å². The summed E-state index contributed by atoms with van der Waals surface area (Å²) in [5, 5.41) is 23.6. The van der Waals surface area contributed by atoms with E-state index in [-0.39, 0.29) is 18.3 Å². The number of non-ortho nitro benzene ring substituents is 1. The number of anilines is 3. The van der Waals surface area contributed by atoms with E-state index in [0.717, 1.165) is 43.7 Å². The molecule has 1 aliphatic rings. The second-order valence-corrected chi connectivity index (χ2v) is 6.40. The molecule has 1 aromatic heterocycles. The molecule has 26 heavy (non-hydrogen) atoms. The standard InChI is InChI=1S/C18H23N5O3/c1-2-5-13-11-17(22-9-4-8-16(22)12-24)21-18(19-13)20-14-6-3-7-15(10-14)23(25)26/h3,6-7,10-11,16,24H,2,4-5,8-9,12H2,1H3,(H,19,20,21)/t16-/m0/s1. The Morgan fingerprint density at radius 1 is 1.38 bits per heavy atom. The van der Waals surface area contributed by atoms with Gasteiger partial charge in [-0.3, -0.25) is 10.1 Å². The summed E-state index contributed by atoms with van der Waals surface area (Å²) in [5.41, 5.74) is 1.49. The highest BCUT2D eigenvalue weighted by molar-refractivity contribution is 5.59. The van der Waals surface area contributed by atoms with Crippen LogP contribution in [0.25, 0.3) is 0 Å². The van der Waals surface area contributed by atoms with Crippen LogP contribution in [0.15, 0.2) is 30.3 Å². The van der Waals surface area contributed by atoms with Crippen LogP contribution in [0, 0.1) is 10.1 Å². The minimum atomic E-state index is -0.430. The highest BCUT2D eigenvalue weighted by atomic mass is 16.6. The van der Waals surface area contributed by atoms with Gasteiger partial charge in [0.15, 0.2) is 0 Å². The van der Waals surface area contributed by atoms with Gasteiger partial charge in [-0.05, 0) is 25.3 Å². The minimum Gasteiger partial charge on any atom is -0.394 e. The molecule has 0 amide bonds. The number of aliphatic hydroxyl groups excluding tert-OH is 1. The largest absolute Gasteiger partial charge is 0.394 e. The van der Waals surface area contributed by atoms with Crippen LogP contribution in [0.5, 0.6) is 0 Å². The normalized spacial score (nSPS) is 16.7. The number of rotatable bonds is 7. The number of nitro benzene ring substituents is 1. The van der Waals surface area contributed by atoms with Gasteiger partial charge in [0.05, 0.1) is 17.6 Å². The summed E-state index contributed by atoms with van der Waals surface area (Å²) >= 11 is 0. The molecule has 1 saturated heterocycles. The van der Waals surface area contributed by atoms with Crippen molar-refractivity contribution in [2.24, 2.45) is 0 Å². The van der Waals surface area contributed by atoms with E-state index in [9.17, 15) is 15.2 Å². The molecule has 8 nitrogen and oxygen atoms in total. The lowest BCUT2D eigenvalue weighted by Gasteiger charge is -2.25. The van der Waals surface area contributed by atoms with Crippen LogP contribution in [0.2, 0.25) is 0 Å². The van der Waals surface area contributed by atoms with E-state index in [4.69, 9.17) is 0 Å². The van der Waals surface area contributed by atoms with Gasteiger partial charge in [-0.25, -0.2) is 4.98 Å². The molecule has 3 rings (SSSR count). The van der Waals surface area contributed by atoms with E-state index in [1.165, 1.54) is 12.1 Å². The van der Waals surface area contributed by atoms with Crippen molar-refractivity contribution in [1.82, 2.24) is 9.97 Å². The zero-order valence-corrected chi connectivity index (χ0v) is 14.8. The highest BCUT2D eigenvalue weighted by Gasteiger charge is 2.25. The Morgan fingerprint density at radius 3 is 2.96 bits per heavy atom. The van der Waals surface area contributed by atoms with Gasteiger partial charge in [0.25, 0.3) is 5.69 Å². The summed E-state index contributed by atoms with van der Waals surface area (Å²) in [5.74, 6) is 1.20. The van der Waals surface area contributed by atoms with Crippen molar-refractivity contribution in [1.29, 1.82) is 0 Å². The fourth-order valence-electron chi connectivity index (χ4n) is 3.22. The van der Waals surface area contributed by atoms with Crippen LogP contribution < -0.4 is 10.2 Å². The van der Waals surface area contributed by atoms with Gasteiger partial charge >= 0.3 is 0 Å². The van der Waals surface area contributed by atoms with Crippen LogP contribution in [0.3, 0.4) is 0 Å². The maximum Gasteiger partial charge on any atom is 0.271 e. The minimum absolute atomic E-state index is 0.0137. The monoisotopic (exact) mass is 357 g/mol. The fraction of sp³-hybridized carbons (Fsp3) is 0.444. The number of hydrogen-bond acceptors (Lipinski definition) is 7. The van der Waals surface area contributed by atoms with Crippen LogP contribution in [0.1, 0.15) is 31.9 Å². The first-order chi connectivity index (χ1) is 12.6. The Kier molecular flexibility index (Phi) is 5.62. The Hall–Kier alpha value is -2.74. The number of aryl methyl sites for hydroxylation is 1. The van der Waals surface area contributed by atoms with Crippen molar-refractivity contribution in [3.05, 3.63) is 46.1 Å². The maximum absolute atomic E-state index is 11.0. The molecule has 0 radical (unpaired) electrons. The molecule has 0 aliphatic carbocycles. The first-order valence-corrected chi connectivity index (χ1v) is 8.87. The summed E-state index contributed by atoms with van der Waals surface area (Å²) in [4.78, 5) is 21.8. The SMILES string of the molecule is CCCc1cc(N2CCC[C@H]2CO)nc(Nc2cccc([N+](=O)[O-])c2)n1. The summed E-state index contributed by atoms with van der Waals surface area (Å²) in [7, 11) is 0. The third-order valence-corrected chi connectivity index (χ3v) is 4.47. The number of benzene rings is 1. The number of nitrogens with zero attached hydrogens (tertiary/aromatic N) is 4. The van der Waals surface area contributed by atoms with Crippen molar-refractivity contribution >= 4 is 23.1 Å². The molecule has 1 atom stereocenters. The Labute approximate surface area is 152 Å². The average molecular weight is 357 g/mol. The number of nitro groups is 1. The molecule has 0 unspecified atom stereocenters. The lowest BCUT2D eigenvalue weighted by molar-refractivity contribution is -0.384. The van der Waals surface area contributed by atoms with Crippen LogP contribution in [-0.2, 0) is 6.42 Å². The summed E-state index contributed by atoms with van der Waals surface area (Å²) in [6.45, 7) is 3.03. The van der Waals surface area contributed by atoms with Gasteiger partial charge in [0.2, 0.25) is 5.95 Å². The van der Waals surface area contributed by atoms with E-state index < -0.39 is 4.92 Å². The third kappa shape index (κ3) is 4.08. The topological polar surface area (TPSA) is 104 Å². The summed E-state index contributed by atoms with van der Waals surface area (Å²) in [6.07, 6.45) is 3.73. The number of aliphatic hydroxyl groups is 1. The van der Waals surface area contributed by atoms with Gasteiger partial charge in [-0.2, -0.15) is 4.98 Å². The van der Waals surface area contributed by atoms with Crippen LogP contribution in [-0.4, -0.2) is 39.2 Å². The summed E-state index contributed by atoms with van der Waals surface area (Å²) < 4.78 is 0. The average Bonchev–Trinajstić information content (AvgIpc) is 3.11. The molecule has 1 aliphatic heterocycles. The van der Waals surface area contributed by atoms with Crippen molar-refractivity contribution in [3.8, 4) is 0 Å². The number of hydrogen-bond donors (Lipinski definition) is 2. The van der Waals surface area contributed by atoms with Crippen molar-refractivity contribution in [2.75, 3.05) is 23.4 Å². The van der Waals surface area contributed by atoms with E-state index in [1.807, 2.05) is 6.07 Å². The molecule has 138 valence electrons. The van der Waals surface area contributed by atoms with Crippen molar-refractivity contribution < 1.29 is 10.0 Å². The Balaban J connectivity index is 1.91. The first-order valence-electron chi connectivity index (χ1n) is 8.87. The molecular weight excluding hydrogens is 334 g/mol. The molecule has 0 spiro atoms. The highest BCUT2D eigenvalue weighted by Crippen LogP contribution is 2.27. The van der Waals surface area contributed by atoms with Crippen LogP contribution >= 0.6 is 0 Å². The molecule has 8 heteroatoms. The fourth-order valence-corrected chi connectivity index (χ4v) is 3.22. The Morgan fingerprint density at radius 2 is 2.23 bits per heavy atom. The maximum atomic E-state index is 11.0. The second kappa shape index (κ2) is 8.09. The van der Waals surface area contributed by atoms with Gasteiger partial charge in [0.1, 0.15) is 5.82 Å². The van der Waals surface area contributed by atoms with Gasteiger partial charge in [-0.15, -0.1) is 0 Å². The molecule has 2 heterocycles. The molecular formula is C18H23N5O3. The Bertz CT molecular complexity index is 783. The van der Waals surface area contributed by atoms with Gasteiger partial charge < -0.3 is 15.3 Å².